The van der Waals surface area contributed by atoms with Crippen LogP contribution in [0.2, 0.25) is 0 Å². The predicted octanol–water partition coefficient (Wildman–Crippen LogP) is 2.88. The van der Waals surface area contributed by atoms with Gasteiger partial charge >= 0.3 is 0 Å². The Hall–Kier alpha value is -2.93. The highest BCUT2D eigenvalue weighted by Crippen LogP contribution is 2.21. The Bertz CT molecular complexity index is 793. The Morgan fingerprint density at radius 3 is 2.37 bits per heavy atom. The number of hydrogen-bond donors (Lipinski definition) is 2. The number of methoxy groups -OCH3 is 1. The van der Waals surface area contributed by atoms with Crippen LogP contribution in [0.5, 0.6) is 5.75 Å². The lowest BCUT2D eigenvalue weighted by atomic mass is 10.2. The average molecular weight is 371 g/mol. The Labute approximate surface area is 157 Å². The van der Waals surface area contributed by atoms with Crippen molar-refractivity contribution in [3.8, 4) is 5.75 Å². The summed E-state index contributed by atoms with van der Waals surface area (Å²) in [5.41, 5.74) is 1.21. The molecule has 2 N–H and O–H groups in total. The second-order valence-electron chi connectivity index (χ2n) is 6.40. The van der Waals surface area contributed by atoms with Crippen molar-refractivity contribution in [3.05, 3.63) is 54.3 Å². The van der Waals surface area contributed by atoms with Crippen LogP contribution in [0.15, 0.2) is 48.5 Å². The van der Waals surface area contributed by atoms with E-state index in [1.54, 1.807) is 31.4 Å². The van der Waals surface area contributed by atoms with Crippen LogP contribution in [0.1, 0.15) is 12.8 Å². The van der Waals surface area contributed by atoms with E-state index >= 15 is 0 Å². The molecule has 142 valence electrons. The quantitative estimate of drug-likeness (QED) is 0.819. The molecule has 0 saturated carbocycles. The summed E-state index contributed by atoms with van der Waals surface area (Å²) in [5, 5.41) is 5.61. The van der Waals surface area contributed by atoms with Crippen molar-refractivity contribution in [1.29, 1.82) is 0 Å². The number of likely N-dealkylation sites (tertiary alicyclic amines) is 1. The third-order valence-corrected chi connectivity index (χ3v) is 4.50. The van der Waals surface area contributed by atoms with Crippen molar-refractivity contribution < 1.29 is 18.7 Å². The first-order valence-electron chi connectivity index (χ1n) is 8.79. The maximum Gasteiger partial charge on any atom is 0.241 e. The van der Waals surface area contributed by atoms with Gasteiger partial charge in [-0.05, 0) is 67.9 Å². The third-order valence-electron chi connectivity index (χ3n) is 4.50. The molecule has 1 heterocycles. The van der Waals surface area contributed by atoms with Gasteiger partial charge in [0.1, 0.15) is 11.6 Å². The molecule has 1 saturated heterocycles. The van der Waals surface area contributed by atoms with E-state index in [0.717, 1.165) is 6.42 Å². The number of halogens is 1. The highest BCUT2D eigenvalue weighted by atomic mass is 19.1. The van der Waals surface area contributed by atoms with Crippen molar-refractivity contribution in [1.82, 2.24) is 4.90 Å². The standard InChI is InChI=1S/C20H22FN3O3/c1-27-17-10-8-16(9-11-17)23-20(26)18-3-2-12-24(18)13-19(25)22-15-6-4-14(21)5-7-15/h4-11,18H,2-3,12-13H2,1H3,(H,22,25)(H,23,26). The number of nitrogens with one attached hydrogen (secondary N) is 2. The summed E-state index contributed by atoms with van der Waals surface area (Å²) in [5.74, 6) is -0.00577. The van der Waals surface area contributed by atoms with Gasteiger partial charge in [0.25, 0.3) is 0 Å². The van der Waals surface area contributed by atoms with Gasteiger partial charge in [0.2, 0.25) is 11.8 Å². The first kappa shape index (κ1) is 18.8. The van der Waals surface area contributed by atoms with Crippen LogP contribution in [0.25, 0.3) is 0 Å². The van der Waals surface area contributed by atoms with Crippen LogP contribution in [-0.2, 0) is 9.59 Å². The number of benzene rings is 2. The third kappa shape index (κ3) is 5.04. The number of amides is 2. The van der Waals surface area contributed by atoms with Crippen molar-refractivity contribution in [3.63, 3.8) is 0 Å². The van der Waals surface area contributed by atoms with E-state index in [0.29, 0.717) is 30.1 Å². The van der Waals surface area contributed by atoms with Gasteiger partial charge in [-0.15, -0.1) is 0 Å². The fraction of sp³-hybridized carbons (Fsp3) is 0.300. The zero-order chi connectivity index (χ0) is 19.2. The topological polar surface area (TPSA) is 70.7 Å². The molecule has 1 fully saturated rings. The first-order valence-corrected chi connectivity index (χ1v) is 8.79. The van der Waals surface area contributed by atoms with Gasteiger partial charge in [0.05, 0.1) is 19.7 Å². The molecule has 1 atom stereocenters. The fourth-order valence-corrected chi connectivity index (χ4v) is 3.13. The Morgan fingerprint density at radius 2 is 1.70 bits per heavy atom. The molecule has 0 aliphatic carbocycles. The van der Waals surface area contributed by atoms with Gasteiger partial charge in [0.15, 0.2) is 0 Å². The van der Waals surface area contributed by atoms with E-state index in [2.05, 4.69) is 10.6 Å². The summed E-state index contributed by atoms with van der Waals surface area (Å²) in [7, 11) is 1.58. The zero-order valence-electron chi connectivity index (χ0n) is 15.1. The van der Waals surface area contributed by atoms with Crippen molar-refractivity contribution >= 4 is 23.2 Å². The van der Waals surface area contributed by atoms with Crippen molar-refractivity contribution in [2.75, 3.05) is 30.8 Å². The maximum atomic E-state index is 12.9. The van der Waals surface area contributed by atoms with E-state index < -0.39 is 0 Å². The minimum absolute atomic E-state index is 0.109. The monoisotopic (exact) mass is 371 g/mol. The molecule has 1 aliphatic rings. The molecular weight excluding hydrogens is 349 g/mol. The molecule has 3 rings (SSSR count). The lowest BCUT2D eigenvalue weighted by Crippen LogP contribution is -2.43. The SMILES string of the molecule is COc1ccc(NC(=O)C2CCCN2CC(=O)Nc2ccc(F)cc2)cc1. The highest BCUT2D eigenvalue weighted by Gasteiger charge is 2.31. The summed E-state index contributed by atoms with van der Waals surface area (Å²) >= 11 is 0. The van der Waals surface area contributed by atoms with E-state index in [-0.39, 0.29) is 30.2 Å². The second-order valence-corrected chi connectivity index (χ2v) is 6.40. The van der Waals surface area contributed by atoms with Gasteiger partial charge in [-0.3, -0.25) is 14.5 Å². The second kappa shape index (κ2) is 8.64. The molecule has 2 aromatic rings. The largest absolute Gasteiger partial charge is 0.497 e. The number of rotatable bonds is 6. The molecular formula is C20H22FN3O3. The predicted molar refractivity (Wildman–Crippen MR) is 101 cm³/mol. The molecule has 0 radical (unpaired) electrons. The normalized spacial score (nSPS) is 16.7. The number of ether oxygens (including phenoxy) is 1. The molecule has 0 aromatic heterocycles. The Morgan fingerprint density at radius 1 is 1.07 bits per heavy atom. The number of anilines is 2. The summed E-state index contributed by atoms with van der Waals surface area (Å²) in [4.78, 5) is 26.7. The number of carbonyl (C=O) groups is 2. The van der Waals surface area contributed by atoms with Crippen LogP contribution >= 0.6 is 0 Å². The molecule has 1 unspecified atom stereocenters. The van der Waals surface area contributed by atoms with E-state index in [9.17, 15) is 14.0 Å². The van der Waals surface area contributed by atoms with E-state index in [1.165, 1.54) is 24.3 Å². The molecule has 2 aromatic carbocycles. The molecule has 0 spiro atoms. The molecule has 2 amide bonds. The minimum atomic E-state index is -0.359. The lowest BCUT2D eigenvalue weighted by Gasteiger charge is -2.23. The van der Waals surface area contributed by atoms with Crippen LogP contribution in [0, 0.1) is 5.82 Å². The Balaban J connectivity index is 1.56. The van der Waals surface area contributed by atoms with E-state index in [4.69, 9.17) is 4.74 Å². The Kier molecular flexibility index (Phi) is 6.03. The van der Waals surface area contributed by atoms with Gasteiger partial charge in [0, 0.05) is 11.4 Å². The maximum absolute atomic E-state index is 12.9. The van der Waals surface area contributed by atoms with Crippen molar-refractivity contribution in [2.45, 2.75) is 18.9 Å². The molecule has 6 nitrogen and oxygen atoms in total. The van der Waals surface area contributed by atoms with Crippen LogP contribution in [0.4, 0.5) is 15.8 Å². The average Bonchev–Trinajstić information content (AvgIpc) is 3.12. The molecule has 7 heteroatoms. The van der Waals surface area contributed by atoms with Crippen LogP contribution in [-0.4, -0.2) is 43.0 Å². The smallest absolute Gasteiger partial charge is 0.241 e. The molecule has 1 aliphatic heterocycles. The molecule has 27 heavy (non-hydrogen) atoms. The lowest BCUT2D eigenvalue weighted by molar-refractivity contribution is -0.122. The summed E-state index contributed by atoms with van der Waals surface area (Å²) < 4.78 is 18.0. The summed E-state index contributed by atoms with van der Waals surface area (Å²) in [6.45, 7) is 0.787. The van der Waals surface area contributed by atoms with Gasteiger partial charge in [-0.1, -0.05) is 0 Å². The van der Waals surface area contributed by atoms with Crippen LogP contribution in [0.3, 0.4) is 0 Å². The number of hydrogen-bond acceptors (Lipinski definition) is 4. The minimum Gasteiger partial charge on any atom is -0.497 e. The van der Waals surface area contributed by atoms with E-state index in [1.807, 2.05) is 4.90 Å². The number of carbonyl (C=O) groups excluding carboxylic acids is 2. The fourth-order valence-electron chi connectivity index (χ4n) is 3.13. The molecule has 0 bridgehead atoms. The zero-order valence-corrected chi connectivity index (χ0v) is 15.1. The highest BCUT2D eigenvalue weighted by molar-refractivity contribution is 5.96. The van der Waals surface area contributed by atoms with Crippen LogP contribution < -0.4 is 15.4 Å². The summed E-state index contributed by atoms with van der Waals surface area (Å²) in [6.07, 6.45) is 1.55. The summed E-state index contributed by atoms with van der Waals surface area (Å²) in [6, 6.07) is 12.3. The first-order chi connectivity index (χ1) is 13.0. The van der Waals surface area contributed by atoms with Gasteiger partial charge in [-0.2, -0.15) is 0 Å². The number of nitrogens with zero attached hydrogens (tertiary/aromatic N) is 1. The van der Waals surface area contributed by atoms with Crippen molar-refractivity contribution in [2.24, 2.45) is 0 Å². The van der Waals surface area contributed by atoms with Gasteiger partial charge < -0.3 is 15.4 Å². The van der Waals surface area contributed by atoms with Gasteiger partial charge in [-0.25, -0.2) is 4.39 Å².